The molecule has 0 fully saturated rings. The highest BCUT2D eigenvalue weighted by molar-refractivity contribution is 7.08. The third-order valence-electron chi connectivity index (χ3n) is 5.16. The van der Waals surface area contributed by atoms with E-state index >= 15 is 0 Å². The van der Waals surface area contributed by atoms with Gasteiger partial charge in [-0.1, -0.05) is 60.7 Å². The Bertz CT molecular complexity index is 1050. The van der Waals surface area contributed by atoms with Crippen LogP contribution in [0.5, 0.6) is 0 Å². The Morgan fingerprint density at radius 2 is 1.50 bits per heavy atom. The lowest BCUT2D eigenvalue weighted by Gasteiger charge is -2.26. The number of hydrogen-bond donors (Lipinski definition) is 0. The predicted molar refractivity (Wildman–Crippen MR) is 116 cm³/mol. The van der Waals surface area contributed by atoms with Gasteiger partial charge in [-0.2, -0.15) is 21.9 Å². The Labute approximate surface area is 180 Å². The molecule has 3 rings (SSSR count). The SMILES string of the molecule is N#CC(C#N)CC(C(=O)c1ccsc1)C(CC(=O)c1ccccc1)c1ccccc1. The van der Waals surface area contributed by atoms with Crippen molar-refractivity contribution in [2.24, 2.45) is 11.8 Å². The average molecular weight is 413 g/mol. The van der Waals surface area contributed by atoms with Crippen LogP contribution in [0, 0.1) is 34.5 Å². The minimum absolute atomic E-state index is 0.0713. The van der Waals surface area contributed by atoms with Gasteiger partial charge in [0, 0.05) is 34.8 Å². The highest BCUT2D eigenvalue weighted by atomic mass is 32.1. The molecule has 4 nitrogen and oxygen atoms in total. The summed E-state index contributed by atoms with van der Waals surface area (Å²) in [6.07, 6.45) is 0.210. The first-order chi connectivity index (χ1) is 14.6. The number of nitriles is 2. The molecule has 1 heterocycles. The molecule has 0 amide bonds. The summed E-state index contributed by atoms with van der Waals surface area (Å²) in [6.45, 7) is 0. The molecule has 2 unspecified atom stereocenters. The number of carbonyl (C=O) groups excluding carboxylic acids is 2. The molecule has 0 saturated carbocycles. The van der Waals surface area contributed by atoms with Crippen LogP contribution in [0.15, 0.2) is 77.5 Å². The summed E-state index contributed by atoms with van der Waals surface area (Å²) in [5, 5.41) is 22.3. The fraction of sp³-hybridized carbons (Fsp3) is 0.200. The summed E-state index contributed by atoms with van der Waals surface area (Å²) in [6, 6.07) is 24.1. The fourth-order valence-electron chi connectivity index (χ4n) is 3.60. The van der Waals surface area contributed by atoms with Crippen molar-refractivity contribution in [3.63, 3.8) is 0 Å². The number of benzene rings is 2. The van der Waals surface area contributed by atoms with Gasteiger partial charge >= 0.3 is 0 Å². The van der Waals surface area contributed by atoms with Crippen LogP contribution >= 0.6 is 11.3 Å². The van der Waals surface area contributed by atoms with Crippen molar-refractivity contribution in [3.05, 3.63) is 94.2 Å². The second-order valence-electron chi connectivity index (χ2n) is 7.04. The van der Waals surface area contributed by atoms with Gasteiger partial charge in [0.25, 0.3) is 0 Å². The molecule has 148 valence electrons. The summed E-state index contributed by atoms with van der Waals surface area (Å²) in [5.74, 6) is -2.22. The van der Waals surface area contributed by atoms with Gasteiger partial charge in [-0.25, -0.2) is 0 Å². The Morgan fingerprint density at radius 1 is 0.867 bits per heavy atom. The summed E-state index contributed by atoms with van der Waals surface area (Å²) < 4.78 is 0. The highest BCUT2D eigenvalue weighted by Gasteiger charge is 2.34. The van der Waals surface area contributed by atoms with Crippen LogP contribution in [0.3, 0.4) is 0 Å². The molecule has 0 saturated heterocycles. The third-order valence-corrected chi connectivity index (χ3v) is 5.84. The minimum atomic E-state index is -0.921. The second-order valence-corrected chi connectivity index (χ2v) is 7.82. The molecule has 1 aromatic heterocycles. The molecule has 2 aromatic carbocycles. The summed E-state index contributed by atoms with van der Waals surface area (Å²) in [5.41, 5.74) is 1.98. The molecule has 2 atom stereocenters. The van der Waals surface area contributed by atoms with Crippen LogP contribution < -0.4 is 0 Å². The number of hydrogen-bond acceptors (Lipinski definition) is 5. The van der Waals surface area contributed by atoms with Crippen molar-refractivity contribution in [1.29, 1.82) is 10.5 Å². The van der Waals surface area contributed by atoms with E-state index in [1.807, 2.05) is 53.9 Å². The molecule has 0 spiro atoms. The van der Waals surface area contributed by atoms with E-state index in [1.54, 1.807) is 35.7 Å². The van der Waals surface area contributed by atoms with Crippen LogP contribution in [0.25, 0.3) is 0 Å². The summed E-state index contributed by atoms with van der Waals surface area (Å²) in [4.78, 5) is 26.4. The second kappa shape index (κ2) is 10.3. The molecule has 3 aromatic rings. The predicted octanol–water partition coefficient (Wildman–Crippen LogP) is 5.66. The molecule has 0 N–H and O–H groups in total. The zero-order valence-electron chi connectivity index (χ0n) is 16.3. The van der Waals surface area contributed by atoms with Gasteiger partial charge in [-0.05, 0) is 23.4 Å². The molecular formula is C25H20N2O2S. The lowest BCUT2D eigenvalue weighted by atomic mass is 9.74. The van der Waals surface area contributed by atoms with Crippen LogP contribution in [-0.2, 0) is 0 Å². The molecule has 0 bridgehead atoms. The van der Waals surface area contributed by atoms with Crippen LogP contribution in [0.1, 0.15) is 45.0 Å². The third kappa shape index (κ3) is 5.08. The summed E-state index contributed by atoms with van der Waals surface area (Å²) >= 11 is 1.42. The molecule has 5 heteroatoms. The Kier molecular flexibility index (Phi) is 7.27. The number of Topliss-reactive ketones (excluding diaryl/α,β-unsaturated/α-hetero) is 2. The van der Waals surface area contributed by atoms with Gasteiger partial charge in [0.05, 0.1) is 12.1 Å². The van der Waals surface area contributed by atoms with Crippen molar-refractivity contribution in [2.45, 2.75) is 18.8 Å². The van der Waals surface area contributed by atoms with E-state index in [4.69, 9.17) is 0 Å². The van der Waals surface area contributed by atoms with Crippen molar-refractivity contribution in [2.75, 3.05) is 0 Å². The minimum Gasteiger partial charge on any atom is -0.294 e. The first-order valence-corrected chi connectivity index (χ1v) is 10.6. The molecule has 30 heavy (non-hydrogen) atoms. The van der Waals surface area contributed by atoms with E-state index in [-0.39, 0.29) is 24.4 Å². The highest BCUT2D eigenvalue weighted by Crippen LogP contribution is 2.36. The first-order valence-electron chi connectivity index (χ1n) is 9.63. The molecule has 0 aliphatic heterocycles. The molecular weight excluding hydrogens is 392 g/mol. The van der Waals surface area contributed by atoms with E-state index < -0.39 is 17.8 Å². The van der Waals surface area contributed by atoms with Crippen molar-refractivity contribution in [1.82, 2.24) is 0 Å². The van der Waals surface area contributed by atoms with Crippen molar-refractivity contribution in [3.8, 4) is 12.1 Å². The standard InChI is InChI=1S/C25H20N2O2S/c26-15-18(16-27)13-23(25(29)21-11-12-30-17-21)22(19-7-3-1-4-8-19)14-24(28)20-9-5-2-6-10-20/h1-12,17-18,22-23H,13-14H2. The molecule has 0 radical (unpaired) electrons. The number of thiophene rings is 1. The van der Waals surface area contributed by atoms with E-state index in [2.05, 4.69) is 0 Å². The van der Waals surface area contributed by atoms with Crippen LogP contribution in [0.4, 0.5) is 0 Å². The van der Waals surface area contributed by atoms with E-state index in [0.717, 1.165) is 5.56 Å². The molecule has 0 aliphatic rings. The lowest BCUT2D eigenvalue weighted by Crippen LogP contribution is -2.26. The number of rotatable bonds is 9. The van der Waals surface area contributed by atoms with Gasteiger partial charge in [0.2, 0.25) is 0 Å². The Balaban J connectivity index is 2.02. The monoisotopic (exact) mass is 412 g/mol. The van der Waals surface area contributed by atoms with Crippen molar-refractivity contribution >= 4 is 22.9 Å². The number of carbonyl (C=O) groups is 2. The van der Waals surface area contributed by atoms with Crippen LogP contribution in [-0.4, -0.2) is 11.6 Å². The zero-order valence-corrected chi connectivity index (χ0v) is 17.1. The zero-order chi connectivity index (χ0) is 21.3. The normalized spacial score (nSPS) is 12.5. The summed E-state index contributed by atoms with van der Waals surface area (Å²) in [7, 11) is 0. The smallest absolute Gasteiger partial charge is 0.167 e. The quantitative estimate of drug-likeness (QED) is 0.425. The van der Waals surface area contributed by atoms with E-state index in [1.165, 1.54) is 11.3 Å². The Hall–Kier alpha value is -3.54. The van der Waals surface area contributed by atoms with E-state index in [9.17, 15) is 20.1 Å². The van der Waals surface area contributed by atoms with Gasteiger partial charge in [0.15, 0.2) is 11.6 Å². The molecule has 0 aliphatic carbocycles. The van der Waals surface area contributed by atoms with Crippen molar-refractivity contribution < 1.29 is 9.59 Å². The maximum absolute atomic E-state index is 13.4. The first kappa shape index (κ1) is 21.2. The van der Waals surface area contributed by atoms with E-state index in [0.29, 0.717) is 11.1 Å². The van der Waals surface area contributed by atoms with Gasteiger partial charge in [-0.3, -0.25) is 9.59 Å². The van der Waals surface area contributed by atoms with Crippen LogP contribution in [0.2, 0.25) is 0 Å². The fourth-order valence-corrected chi connectivity index (χ4v) is 4.24. The lowest BCUT2D eigenvalue weighted by molar-refractivity contribution is 0.0864. The van der Waals surface area contributed by atoms with Gasteiger partial charge in [0.1, 0.15) is 5.92 Å². The van der Waals surface area contributed by atoms with Gasteiger partial charge < -0.3 is 0 Å². The maximum Gasteiger partial charge on any atom is 0.167 e. The maximum atomic E-state index is 13.4. The average Bonchev–Trinajstić information content (AvgIpc) is 3.34. The topological polar surface area (TPSA) is 81.7 Å². The van der Waals surface area contributed by atoms with Gasteiger partial charge in [-0.15, -0.1) is 0 Å². The number of nitrogens with zero attached hydrogens (tertiary/aromatic N) is 2. The Morgan fingerprint density at radius 3 is 2.07 bits per heavy atom. The number of ketones is 2. The largest absolute Gasteiger partial charge is 0.294 e.